The van der Waals surface area contributed by atoms with Crippen LogP contribution < -0.4 is 15.0 Å². The molecule has 1 aliphatic heterocycles. The molecule has 0 spiro atoms. The maximum absolute atomic E-state index is 12.6. The van der Waals surface area contributed by atoms with Crippen molar-refractivity contribution < 1.29 is 14.3 Å². The average molecular weight is 393 g/mol. The summed E-state index contributed by atoms with van der Waals surface area (Å²) in [5, 5.41) is 3.63. The topological polar surface area (TPSA) is 58.6 Å². The first kappa shape index (κ1) is 18.5. The second-order valence-corrected chi connectivity index (χ2v) is 6.76. The first-order valence-electron chi connectivity index (χ1n) is 8.27. The Kier molecular flexibility index (Phi) is 5.69. The molecule has 2 aromatic rings. The van der Waals surface area contributed by atoms with Crippen LogP contribution in [0, 0.1) is 5.92 Å². The Balaban J connectivity index is 1.75. The van der Waals surface area contributed by atoms with Crippen molar-refractivity contribution in [2.75, 3.05) is 23.4 Å². The summed E-state index contributed by atoms with van der Waals surface area (Å²) in [5.74, 6) is -0.233. The lowest BCUT2D eigenvalue weighted by molar-refractivity contribution is -0.122. The molecule has 1 aliphatic rings. The van der Waals surface area contributed by atoms with E-state index < -0.39 is 5.92 Å². The fourth-order valence-electron chi connectivity index (χ4n) is 2.90. The summed E-state index contributed by atoms with van der Waals surface area (Å²) in [7, 11) is 0. The average Bonchev–Trinajstić information content (AvgIpc) is 3.01. The van der Waals surface area contributed by atoms with Crippen molar-refractivity contribution in [3.8, 4) is 5.75 Å². The van der Waals surface area contributed by atoms with Crippen LogP contribution in [0.3, 0.4) is 0 Å². The SMILES string of the molecule is CCOc1ccccc1N1C[C@@H](C(=O)Nc2cc(Cl)ccc2Cl)CC1=O. The molecule has 0 unspecified atom stereocenters. The number of nitrogens with zero attached hydrogens (tertiary/aromatic N) is 1. The number of hydrogen-bond acceptors (Lipinski definition) is 3. The van der Waals surface area contributed by atoms with Gasteiger partial charge in [0.05, 0.1) is 28.9 Å². The largest absolute Gasteiger partial charge is 0.492 e. The molecule has 1 fully saturated rings. The van der Waals surface area contributed by atoms with E-state index in [1.165, 1.54) is 0 Å². The van der Waals surface area contributed by atoms with E-state index in [1.807, 2.05) is 31.2 Å². The predicted molar refractivity (Wildman–Crippen MR) is 103 cm³/mol. The summed E-state index contributed by atoms with van der Waals surface area (Å²) < 4.78 is 5.59. The van der Waals surface area contributed by atoms with Crippen LogP contribution in [0.5, 0.6) is 5.75 Å². The lowest BCUT2D eigenvalue weighted by Crippen LogP contribution is -2.28. The van der Waals surface area contributed by atoms with Crippen molar-refractivity contribution >= 4 is 46.4 Å². The van der Waals surface area contributed by atoms with Gasteiger partial charge in [0.25, 0.3) is 0 Å². The number of carbonyl (C=O) groups excluding carboxylic acids is 2. The fraction of sp³-hybridized carbons (Fsp3) is 0.263. The normalized spacial score (nSPS) is 16.7. The molecule has 136 valence electrons. The van der Waals surface area contributed by atoms with Crippen LogP contribution in [-0.4, -0.2) is 25.0 Å². The minimum Gasteiger partial charge on any atom is -0.492 e. The van der Waals surface area contributed by atoms with Gasteiger partial charge in [0.15, 0.2) is 0 Å². The summed E-state index contributed by atoms with van der Waals surface area (Å²) in [6, 6.07) is 12.2. The van der Waals surface area contributed by atoms with E-state index >= 15 is 0 Å². The molecule has 2 amide bonds. The Morgan fingerprint density at radius 1 is 1.27 bits per heavy atom. The molecular weight excluding hydrogens is 375 g/mol. The maximum atomic E-state index is 12.6. The van der Waals surface area contributed by atoms with Crippen LogP contribution in [0.4, 0.5) is 11.4 Å². The molecule has 1 heterocycles. The second-order valence-electron chi connectivity index (χ2n) is 5.92. The zero-order valence-corrected chi connectivity index (χ0v) is 15.7. The smallest absolute Gasteiger partial charge is 0.229 e. The number of ether oxygens (including phenoxy) is 1. The van der Waals surface area contributed by atoms with Gasteiger partial charge in [0, 0.05) is 18.0 Å². The van der Waals surface area contributed by atoms with Gasteiger partial charge in [0.1, 0.15) is 5.75 Å². The van der Waals surface area contributed by atoms with Gasteiger partial charge < -0.3 is 15.0 Å². The fourth-order valence-corrected chi connectivity index (χ4v) is 3.24. The predicted octanol–water partition coefficient (Wildman–Crippen LogP) is 4.38. The number of anilines is 2. The van der Waals surface area contributed by atoms with E-state index in [1.54, 1.807) is 23.1 Å². The zero-order valence-electron chi connectivity index (χ0n) is 14.2. The lowest BCUT2D eigenvalue weighted by Gasteiger charge is -2.20. The molecule has 0 aliphatic carbocycles. The monoisotopic (exact) mass is 392 g/mol. The number of carbonyl (C=O) groups is 2. The molecule has 2 aromatic carbocycles. The van der Waals surface area contributed by atoms with Crippen LogP contribution in [0.1, 0.15) is 13.3 Å². The molecule has 1 saturated heterocycles. The molecule has 1 atom stereocenters. The van der Waals surface area contributed by atoms with Crippen molar-refractivity contribution in [2.24, 2.45) is 5.92 Å². The third-order valence-electron chi connectivity index (χ3n) is 4.14. The number of rotatable bonds is 5. The molecule has 0 saturated carbocycles. The van der Waals surface area contributed by atoms with E-state index in [0.717, 1.165) is 0 Å². The third-order valence-corrected chi connectivity index (χ3v) is 4.70. The minimum atomic E-state index is -0.479. The van der Waals surface area contributed by atoms with Gasteiger partial charge in [-0.3, -0.25) is 9.59 Å². The molecule has 0 radical (unpaired) electrons. The first-order chi connectivity index (χ1) is 12.5. The Labute approximate surface area is 161 Å². The Hall–Kier alpha value is -2.24. The molecule has 26 heavy (non-hydrogen) atoms. The highest BCUT2D eigenvalue weighted by Crippen LogP contribution is 2.34. The minimum absolute atomic E-state index is 0.116. The number of nitrogens with one attached hydrogen (secondary N) is 1. The third kappa shape index (κ3) is 3.94. The summed E-state index contributed by atoms with van der Waals surface area (Å²) in [6.45, 7) is 2.66. The second kappa shape index (κ2) is 7.98. The van der Waals surface area contributed by atoms with Crippen LogP contribution in [-0.2, 0) is 9.59 Å². The van der Waals surface area contributed by atoms with Crippen LogP contribution >= 0.6 is 23.2 Å². The highest BCUT2D eigenvalue weighted by Gasteiger charge is 2.36. The summed E-state index contributed by atoms with van der Waals surface area (Å²) in [5.41, 5.74) is 1.11. The molecule has 1 N–H and O–H groups in total. The number of hydrogen-bond donors (Lipinski definition) is 1. The Morgan fingerprint density at radius 2 is 2.04 bits per heavy atom. The lowest BCUT2D eigenvalue weighted by atomic mass is 10.1. The Morgan fingerprint density at radius 3 is 2.81 bits per heavy atom. The van der Waals surface area contributed by atoms with Gasteiger partial charge in [0.2, 0.25) is 11.8 Å². The maximum Gasteiger partial charge on any atom is 0.229 e. The highest BCUT2D eigenvalue weighted by molar-refractivity contribution is 6.35. The van der Waals surface area contributed by atoms with Crippen molar-refractivity contribution in [1.82, 2.24) is 0 Å². The van der Waals surface area contributed by atoms with Gasteiger partial charge in [-0.2, -0.15) is 0 Å². The molecule has 7 heteroatoms. The Bertz CT molecular complexity index is 841. The summed E-state index contributed by atoms with van der Waals surface area (Å²) in [4.78, 5) is 26.6. The molecule has 5 nitrogen and oxygen atoms in total. The standard InChI is InChI=1S/C19H18Cl2N2O3/c1-2-26-17-6-4-3-5-16(17)23-11-12(9-18(23)24)19(25)22-15-10-13(20)7-8-14(15)21/h3-8,10,12H,2,9,11H2,1H3,(H,22,25)/t12-/m0/s1. The number of para-hydroxylation sites is 2. The van der Waals surface area contributed by atoms with E-state index in [-0.39, 0.29) is 24.8 Å². The van der Waals surface area contributed by atoms with E-state index in [9.17, 15) is 9.59 Å². The zero-order chi connectivity index (χ0) is 18.7. The van der Waals surface area contributed by atoms with Gasteiger partial charge >= 0.3 is 0 Å². The number of halogens is 2. The number of amides is 2. The summed E-state index contributed by atoms with van der Waals surface area (Å²) in [6.07, 6.45) is 0.129. The summed E-state index contributed by atoms with van der Waals surface area (Å²) >= 11 is 12.0. The van der Waals surface area contributed by atoms with Crippen molar-refractivity contribution in [1.29, 1.82) is 0 Å². The molecule has 0 aromatic heterocycles. The van der Waals surface area contributed by atoms with E-state index in [2.05, 4.69) is 5.32 Å². The van der Waals surface area contributed by atoms with Gasteiger partial charge in [-0.05, 0) is 37.3 Å². The number of benzene rings is 2. The van der Waals surface area contributed by atoms with E-state index in [4.69, 9.17) is 27.9 Å². The van der Waals surface area contributed by atoms with Gasteiger partial charge in [-0.15, -0.1) is 0 Å². The highest BCUT2D eigenvalue weighted by atomic mass is 35.5. The van der Waals surface area contributed by atoms with Crippen LogP contribution in [0.2, 0.25) is 10.0 Å². The van der Waals surface area contributed by atoms with Crippen molar-refractivity contribution in [2.45, 2.75) is 13.3 Å². The first-order valence-corrected chi connectivity index (χ1v) is 9.03. The van der Waals surface area contributed by atoms with Crippen molar-refractivity contribution in [3.05, 3.63) is 52.5 Å². The van der Waals surface area contributed by atoms with Crippen LogP contribution in [0.25, 0.3) is 0 Å². The van der Waals surface area contributed by atoms with Gasteiger partial charge in [-0.1, -0.05) is 35.3 Å². The van der Waals surface area contributed by atoms with Crippen molar-refractivity contribution in [3.63, 3.8) is 0 Å². The van der Waals surface area contributed by atoms with E-state index in [0.29, 0.717) is 33.8 Å². The van der Waals surface area contributed by atoms with Gasteiger partial charge in [-0.25, -0.2) is 0 Å². The quantitative estimate of drug-likeness (QED) is 0.820. The molecular formula is C19H18Cl2N2O3. The van der Waals surface area contributed by atoms with Crippen LogP contribution in [0.15, 0.2) is 42.5 Å². The molecule has 0 bridgehead atoms. The molecule has 3 rings (SSSR count).